The molecular formula is C33H24BrCl2N3O5S2. The Balaban J connectivity index is 1.13. The van der Waals surface area contributed by atoms with Gasteiger partial charge in [0.1, 0.15) is 5.75 Å². The van der Waals surface area contributed by atoms with Crippen molar-refractivity contribution >= 4 is 91.3 Å². The van der Waals surface area contributed by atoms with E-state index >= 15 is 0 Å². The molecule has 2 aliphatic heterocycles. The second-order valence-electron chi connectivity index (χ2n) is 12.0. The van der Waals surface area contributed by atoms with Gasteiger partial charge in [0.05, 0.1) is 32.6 Å². The number of ether oxygens (including phenoxy) is 1. The lowest BCUT2D eigenvalue weighted by Gasteiger charge is -2.43. The van der Waals surface area contributed by atoms with E-state index in [0.717, 1.165) is 26.4 Å². The third-order valence-corrected chi connectivity index (χ3v) is 13.4. The van der Waals surface area contributed by atoms with Gasteiger partial charge in [-0.2, -0.15) is 0 Å². The van der Waals surface area contributed by atoms with Gasteiger partial charge in [-0.3, -0.25) is 24.1 Å². The summed E-state index contributed by atoms with van der Waals surface area (Å²) in [6.07, 6.45) is 0.768. The molecule has 13 heteroatoms. The maximum Gasteiger partial charge on any atom is 0.305 e. The molecule has 3 heterocycles. The molecule has 3 fully saturated rings. The summed E-state index contributed by atoms with van der Waals surface area (Å²) in [5.41, 5.74) is 1.91. The van der Waals surface area contributed by atoms with Crippen molar-refractivity contribution in [3.05, 3.63) is 101 Å². The van der Waals surface area contributed by atoms with E-state index in [9.17, 15) is 19.2 Å². The lowest BCUT2D eigenvalue weighted by molar-refractivity contribution is -0.123. The molecule has 234 valence electrons. The van der Waals surface area contributed by atoms with Crippen LogP contribution in [0, 0.1) is 29.6 Å². The topological polar surface area (TPSA) is 109 Å². The normalized spacial score (nSPS) is 27.4. The quantitative estimate of drug-likeness (QED) is 0.202. The summed E-state index contributed by atoms with van der Waals surface area (Å²) < 4.78 is 6.99. The minimum absolute atomic E-state index is 0.0114. The summed E-state index contributed by atoms with van der Waals surface area (Å²) in [6, 6.07) is 19.6. The van der Waals surface area contributed by atoms with Crippen LogP contribution in [0.3, 0.4) is 0 Å². The van der Waals surface area contributed by atoms with Crippen molar-refractivity contribution in [2.24, 2.45) is 29.6 Å². The van der Waals surface area contributed by atoms with Crippen LogP contribution in [0.5, 0.6) is 5.75 Å². The lowest BCUT2D eigenvalue weighted by Crippen LogP contribution is -2.42. The number of hydrogen-bond donors (Lipinski definition) is 2. The molecule has 7 atom stereocenters. The summed E-state index contributed by atoms with van der Waals surface area (Å²) in [7, 11) is 0. The van der Waals surface area contributed by atoms with Gasteiger partial charge >= 0.3 is 4.87 Å². The Labute approximate surface area is 289 Å². The molecule has 0 spiro atoms. The number of imide groups is 1. The van der Waals surface area contributed by atoms with Crippen molar-refractivity contribution in [1.29, 1.82) is 0 Å². The Hall–Kier alpha value is -3.09. The molecule has 2 aliphatic carbocycles. The first-order valence-corrected chi connectivity index (χ1v) is 17.9. The number of hydrogen-bond acceptors (Lipinski definition) is 7. The third-order valence-electron chi connectivity index (χ3n) is 9.61. The van der Waals surface area contributed by atoms with Crippen molar-refractivity contribution in [3.8, 4) is 5.75 Å². The molecule has 4 aromatic rings. The Kier molecular flexibility index (Phi) is 7.60. The van der Waals surface area contributed by atoms with E-state index in [4.69, 9.17) is 27.9 Å². The highest BCUT2D eigenvalue weighted by Gasteiger charge is 2.69. The third kappa shape index (κ3) is 4.85. The van der Waals surface area contributed by atoms with Gasteiger partial charge in [0, 0.05) is 31.8 Å². The number of aromatic nitrogens is 1. The van der Waals surface area contributed by atoms with Crippen LogP contribution in [0.15, 0.2) is 81.0 Å². The summed E-state index contributed by atoms with van der Waals surface area (Å²) in [5.74, 6) is -1.33. The van der Waals surface area contributed by atoms with Gasteiger partial charge in [0.2, 0.25) is 11.8 Å². The zero-order valence-electron chi connectivity index (χ0n) is 23.7. The molecule has 0 radical (unpaired) electrons. The molecule has 2 saturated carbocycles. The molecule has 8 rings (SSSR count). The Morgan fingerprint density at radius 3 is 2.50 bits per heavy atom. The highest BCUT2D eigenvalue weighted by Crippen LogP contribution is 2.69. The number of aromatic amines is 1. The van der Waals surface area contributed by atoms with Crippen molar-refractivity contribution in [2.75, 3.05) is 16.8 Å². The first-order chi connectivity index (χ1) is 22.2. The molecular weight excluding hydrogens is 733 g/mol. The molecule has 46 heavy (non-hydrogen) atoms. The van der Waals surface area contributed by atoms with Crippen molar-refractivity contribution in [2.45, 2.75) is 22.6 Å². The number of amides is 3. The Morgan fingerprint density at radius 1 is 0.978 bits per heavy atom. The van der Waals surface area contributed by atoms with Crippen molar-refractivity contribution in [1.82, 2.24) is 4.98 Å². The van der Waals surface area contributed by atoms with Gasteiger partial charge in [-0.25, -0.2) is 0 Å². The maximum absolute atomic E-state index is 14.0. The first-order valence-electron chi connectivity index (χ1n) is 14.7. The second-order valence-corrected chi connectivity index (χ2v) is 15.9. The smallest absolute Gasteiger partial charge is 0.305 e. The number of nitrogens with one attached hydrogen (secondary N) is 2. The predicted octanol–water partition coefficient (Wildman–Crippen LogP) is 7.20. The van der Waals surface area contributed by atoms with E-state index in [1.807, 2.05) is 36.4 Å². The molecule has 0 unspecified atom stereocenters. The summed E-state index contributed by atoms with van der Waals surface area (Å²) in [4.78, 5) is 58.6. The fourth-order valence-electron chi connectivity index (χ4n) is 8.00. The van der Waals surface area contributed by atoms with Gasteiger partial charge in [-0.05, 0) is 72.7 Å². The average Bonchev–Trinajstić information content (AvgIpc) is 3.77. The minimum atomic E-state index is -0.423. The fourth-order valence-corrected chi connectivity index (χ4v) is 11.6. The van der Waals surface area contributed by atoms with Crippen LogP contribution in [0.4, 0.5) is 11.4 Å². The van der Waals surface area contributed by atoms with Gasteiger partial charge in [0.25, 0.3) is 5.91 Å². The number of fused-ring (bicyclic) bond motifs is 9. The van der Waals surface area contributed by atoms with Crippen LogP contribution in [0.25, 0.3) is 0 Å². The predicted molar refractivity (Wildman–Crippen MR) is 182 cm³/mol. The molecule has 3 aromatic carbocycles. The van der Waals surface area contributed by atoms with E-state index in [1.54, 1.807) is 42.1 Å². The maximum atomic E-state index is 14.0. The number of carbonyl (C=O) groups excluding carboxylic acids is 3. The standard InChI is InChI=1S/C33H24BrCl2N3O5S2/c34-14-6-9-22(44-13-23(40)37-15-7-8-20(35)21(36)11-15)17(10-14)24-25-18-12-19(28(25)45-30-29(24)46-33(43)38-30)27-26(18)31(41)39(32(27)42)16-4-2-1-3-5-16/h1-11,18-19,24-28H,12-13H2,(H,37,40)(H,38,43)/t18-,19-,24+,25-,26+,27+,28-/m1/s1. The van der Waals surface area contributed by atoms with Crippen LogP contribution < -0.4 is 19.8 Å². The summed E-state index contributed by atoms with van der Waals surface area (Å²) in [6.45, 7) is -0.267. The largest absolute Gasteiger partial charge is 0.483 e. The SMILES string of the molecule is O=C(COc1ccc(Br)cc1[C@@H]1c2sc(=O)[nH]c2S[C@@H]2[C@@H]3C[C@@H]([C@@H]4C(=O)N(c5ccccc5)C(=O)[C@@H]34)[C@H]12)Nc1ccc(Cl)c(Cl)c1. The van der Waals surface area contributed by atoms with E-state index < -0.39 is 5.92 Å². The number of anilines is 2. The number of carbonyl (C=O) groups is 3. The van der Waals surface area contributed by atoms with Gasteiger partial charge in [-0.1, -0.05) is 68.7 Å². The monoisotopic (exact) mass is 755 g/mol. The number of halogens is 3. The van der Waals surface area contributed by atoms with E-state index in [2.05, 4.69) is 26.2 Å². The molecule has 2 bridgehead atoms. The van der Waals surface area contributed by atoms with E-state index in [0.29, 0.717) is 27.2 Å². The van der Waals surface area contributed by atoms with Crippen LogP contribution >= 0.6 is 62.2 Å². The minimum Gasteiger partial charge on any atom is -0.483 e. The number of rotatable bonds is 6. The molecule has 3 amide bonds. The highest BCUT2D eigenvalue weighted by atomic mass is 79.9. The number of thioether (sulfide) groups is 1. The summed E-state index contributed by atoms with van der Waals surface area (Å²) >= 11 is 18.5. The van der Waals surface area contributed by atoms with Crippen molar-refractivity contribution in [3.63, 3.8) is 0 Å². The van der Waals surface area contributed by atoms with Crippen LogP contribution in [0.2, 0.25) is 10.0 Å². The zero-order chi connectivity index (χ0) is 31.9. The number of H-pyrrole nitrogens is 1. The number of benzene rings is 3. The number of thiazole rings is 1. The van der Waals surface area contributed by atoms with Crippen LogP contribution in [-0.2, 0) is 14.4 Å². The van der Waals surface area contributed by atoms with Crippen LogP contribution in [0.1, 0.15) is 22.8 Å². The van der Waals surface area contributed by atoms with Crippen LogP contribution in [-0.4, -0.2) is 34.6 Å². The van der Waals surface area contributed by atoms with Gasteiger partial charge in [-0.15, -0.1) is 11.8 Å². The van der Waals surface area contributed by atoms with Gasteiger partial charge in [0.15, 0.2) is 6.61 Å². The van der Waals surface area contributed by atoms with Gasteiger partial charge < -0.3 is 15.0 Å². The van der Waals surface area contributed by atoms with E-state index in [-0.39, 0.29) is 64.0 Å². The molecule has 8 nitrogen and oxygen atoms in total. The average molecular weight is 758 g/mol. The first kappa shape index (κ1) is 30.3. The molecule has 2 N–H and O–H groups in total. The fraction of sp³-hybridized carbons (Fsp3) is 0.273. The number of para-hydroxylation sites is 1. The zero-order valence-corrected chi connectivity index (χ0v) is 28.5. The molecule has 1 saturated heterocycles. The molecule has 1 aromatic heterocycles. The number of nitrogens with zero attached hydrogens (tertiary/aromatic N) is 1. The van der Waals surface area contributed by atoms with Crippen molar-refractivity contribution < 1.29 is 19.1 Å². The molecule has 4 aliphatic rings. The lowest BCUT2D eigenvalue weighted by atomic mass is 9.68. The summed E-state index contributed by atoms with van der Waals surface area (Å²) in [5, 5.41) is 4.31. The second kappa shape index (κ2) is 11.6. The highest BCUT2D eigenvalue weighted by molar-refractivity contribution is 9.10. The Bertz CT molecular complexity index is 1990. The van der Waals surface area contributed by atoms with E-state index in [1.165, 1.54) is 16.2 Å². The Morgan fingerprint density at radius 2 is 1.74 bits per heavy atom.